The number of Topliss-reactive ketones (excluding diaryl/α,β-unsaturated/α-hetero) is 1. The van der Waals surface area contributed by atoms with Gasteiger partial charge in [-0.3, -0.25) is 4.79 Å². The minimum atomic E-state index is -0.543. The van der Waals surface area contributed by atoms with E-state index in [1.54, 1.807) is 19.1 Å². The Morgan fingerprint density at radius 3 is 2.79 bits per heavy atom. The van der Waals surface area contributed by atoms with Crippen LogP contribution in [0.1, 0.15) is 12.5 Å². The minimum absolute atomic E-state index is 0.0524. The maximum absolute atomic E-state index is 13.3. The van der Waals surface area contributed by atoms with Crippen molar-refractivity contribution < 1.29 is 9.18 Å². The molecule has 1 aromatic rings. The molecule has 1 aromatic carbocycles. The lowest BCUT2D eigenvalue weighted by molar-refractivity contribution is -0.119. The second-order valence-corrected chi connectivity index (χ2v) is 4.08. The molecule has 0 amide bonds. The van der Waals surface area contributed by atoms with Crippen molar-refractivity contribution in [1.82, 2.24) is 0 Å². The summed E-state index contributed by atoms with van der Waals surface area (Å²) in [7, 11) is 0. The molecule has 0 aromatic heterocycles. The third kappa shape index (κ3) is 2.89. The van der Waals surface area contributed by atoms with Crippen LogP contribution in [0.5, 0.6) is 0 Å². The summed E-state index contributed by atoms with van der Waals surface area (Å²) in [5.41, 5.74) is 5.77. The Kier molecular flexibility index (Phi) is 3.77. The van der Waals surface area contributed by atoms with Gasteiger partial charge in [-0.05, 0) is 24.6 Å². The van der Waals surface area contributed by atoms with Crippen molar-refractivity contribution in [3.05, 3.63) is 34.1 Å². The number of halogens is 2. The van der Waals surface area contributed by atoms with E-state index in [1.807, 2.05) is 0 Å². The third-order valence-corrected chi connectivity index (χ3v) is 2.38. The van der Waals surface area contributed by atoms with Gasteiger partial charge in [0.1, 0.15) is 5.82 Å². The van der Waals surface area contributed by atoms with Crippen LogP contribution >= 0.6 is 15.9 Å². The van der Waals surface area contributed by atoms with Crippen molar-refractivity contribution >= 4 is 21.7 Å². The van der Waals surface area contributed by atoms with Crippen molar-refractivity contribution in [2.75, 3.05) is 0 Å². The summed E-state index contributed by atoms with van der Waals surface area (Å²) in [6, 6.07) is 4.08. The fraction of sp³-hybridized carbons (Fsp3) is 0.300. The monoisotopic (exact) mass is 259 g/mol. The normalized spacial score (nSPS) is 12.6. The van der Waals surface area contributed by atoms with Crippen LogP contribution in [0, 0.1) is 5.82 Å². The molecule has 0 saturated carbocycles. The Bertz CT molecular complexity index is 352. The Morgan fingerprint density at radius 2 is 2.29 bits per heavy atom. The van der Waals surface area contributed by atoms with Crippen LogP contribution in [0.4, 0.5) is 4.39 Å². The average Bonchev–Trinajstić information content (AvgIpc) is 2.09. The van der Waals surface area contributed by atoms with Gasteiger partial charge in [0.25, 0.3) is 0 Å². The molecule has 2 N–H and O–H groups in total. The highest BCUT2D eigenvalue weighted by molar-refractivity contribution is 9.10. The van der Waals surface area contributed by atoms with E-state index in [4.69, 9.17) is 5.73 Å². The first-order valence-corrected chi connectivity index (χ1v) is 5.02. The molecular weight excluding hydrogens is 249 g/mol. The molecule has 14 heavy (non-hydrogen) atoms. The molecule has 4 heteroatoms. The number of carbonyl (C=O) groups is 1. The van der Waals surface area contributed by atoms with Crippen LogP contribution in [0.2, 0.25) is 0 Å². The van der Waals surface area contributed by atoms with E-state index < -0.39 is 6.04 Å². The first-order valence-electron chi connectivity index (χ1n) is 4.23. The molecular formula is C10H11BrFNO. The van der Waals surface area contributed by atoms with E-state index in [1.165, 1.54) is 6.07 Å². The van der Waals surface area contributed by atoms with Crippen LogP contribution < -0.4 is 5.73 Å². The molecule has 0 radical (unpaired) electrons. The molecule has 0 saturated heterocycles. The second kappa shape index (κ2) is 4.66. The Labute approximate surface area is 90.4 Å². The first-order chi connectivity index (χ1) is 6.50. The number of carbonyl (C=O) groups excluding carboxylic acids is 1. The summed E-state index contributed by atoms with van der Waals surface area (Å²) < 4.78 is 13.9. The number of hydrogen-bond acceptors (Lipinski definition) is 2. The SMILES string of the molecule is CC(N)C(=O)Cc1ccc(Br)cc1F. The summed E-state index contributed by atoms with van der Waals surface area (Å²) >= 11 is 3.14. The summed E-state index contributed by atoms with van der Waals surface area (Å²) in [5.74, 6) is -0.542. The van der Waals surface area contributed by atoms with Gasteiger partial charge in [-0.25, -0.2) is 4.39 Å². The van der Waals surface area contributed by atoms with Crippen LogP contribution in [0.25, 0.3) is 0 Å². The fourth-order valence-corrected chi connectivity index (χ4v) is 1.35. The van der Waals surface area contributed by atoms with E-state index in [0.717, 1.165) is 0 Å². The Morgan fingerprint density at radius 1 is 1.64 bits per heavy atom. The average molecular weight is 260 g/mol. The highest BCUT2D eigenvalue weighted by Crippen LogP contribution is 2.16. The third-order valence-electron chi connectivity index (χ3n) is 1.89. The van der Waals surface area contributed by atoms with Crippen molar-refractivity contribution in [3.63, 3.8) is 0 Å². The lowest BCUT2D eigenvalue weighted by Gasteiger charge is -2.05. The first kappa shape index (κ1) is 11.3. The quantitative estimate of drug-likeness (QED) is 0.903. The zero-order valence-corrected chi connectivity index (χ0v) is 9.34. The Balaban J connectivity index is 2.82. The topological polar surface area (TPSA) is 43.1 Å². The largest absolute Gasteiger partial charge is 0.322 e. The van der Waals surface area contributed by atoms with E-state index in [9.17, 15) is 9.18 Å². The zero-order chi connectivity index (χ0) is 10.7. The van der Waals surface area contributed by atoms with E-state index in [-0.39, 0.29) is 18.0 Å². The number of nitrogens with two attached hydrogens (primary N) is 1. The number of ketones is 1. The lowest BCUT2D eigenvalue weighted by Crippen LogP contribution is -2.28. The summed E-state index contributed by atoms with van der Waals surface area (Å²) in [6.07, 6.45) is 0.0524. The molecule has 1 rings (SSSR count). The summed E-state index contributed by atoms with van der Waals surface area (Å²) in [5, 5.41) is 0. The van der Waals surface area contributed by atoms with E-state index in [0.29, 0.717) is 10.0 Å². The van der Waals surface area contributed by atoms with Gasteiger partial charge in [0.2, 0.25) is 0 Å². The molecule has 0 aliphatic rings. The van der Waals surface area contributed by atoms with Crippen molar-refractivity contribution in [1.29, 1.82) is 0 Å². The highest BCUT2D eigenvalue weighted by Gasteiger charge is 2.11. The van der Waals surface area contributed by atoms with Gasteiger partial charge in [-0.1, -0.05) is 22.0 Å². The predicted molar refractivity (Wildman–Crippen MR) is 56.5 cm³/mol. The van der Waals surface area contributed by atoms with Crippen molar-refractivity contribution in [2.24, 2.45) is 5.73 Å². The van der Waals surface area contributed by atoms with Gasteiger partial charge in [-0.2, -0.15) is 0 Å². The number of benzene rings is 1. The maximum Gasteiger partial charge on any atom is 0.153 e. The van der Waals surface area contributed by atoms with Gasteiger partial charge in [0.05, 0.1) is 6.04 Å². The lowest BCUT2D eigenvalue weighted by atomic mass is 10.1. The maximum atomic E-state index is 13.3. The van der Waals surface area contributed by atoms with Crippen LogP contribution in [-0.4, -0.2) is 11.8 Å². The van der Waals surface area contributed by atoms with E-state index in [2.05, 4.69) is 15.9 Å². The highest BCUT2D eigenvalue weighted by atomic mass is 79.9. The minimum Gasteiger partial charge on any atom is -0.322 e. The van der Waals surface area contributed by atoms with E-state index >= 15 is 0 Å². The number of rotatable bonds is 3. The summed E-state index contributed by atoms with van der Waals surface area (Å²) in [4.78, 5) is 11.2. The second-order valence-electron chi connectivity index (χ2n) is 3.17. The summed E-state index contributed by atoms with van der Waals surface area (Å²) in [6.45, 7) is 1.60. The number of hydrogen-bond donors (Lipinski definition) is 1. The molecule has 0 bridgehead atoms. The molecule has 2 nitrogen and oxygen atoms in total. The van der Waals surface area contributed by atoms with Gasteiger partial charge in [0, 0.05) is 10.9 Å². The molecule has 0 aliphatic heterocycles. The molecule has 1 unspecified atom stereocenters. The molecule has 0 aliphatic carbocycles. The van der Waals surface area contributed by atoms with Crippen molar-refractivity contribution in [3.8, 4) is 0 Å². The van der Waals surface area contributed by atoms with Gasteiger partial charge < -0.3 is 5.73 Å². The van der Waals surface area contributed by atoms with Gasteiger partial charge >= 0.3 is 0 Å². The van der Waals surface area contributed by atoms with Crippen LogP contribution in [0.15, 0.2) is 22.7 Å². The van der Waals surface area contributed by atoms with Gasteiger partial charge in [0.15, 0.2) is 5.78 Å². The smallest absolute Gasteiger partial charge is 0.153 e. The fourth-order valence-electron chi connectivity index (χ4n) is 1.01. The predicted octanol–water partition coefficient (Wildman–Crippen LogP) is 2.05. The molecule has 0 fully saturated rings. The molecule has 1 atom stereocenters. The standard InChI is InChI=1S/C10H11BrFNO/c1-6(13)10(14)4-7-2-3-8(11)5-9(7)12/h2-3,5-6H,4,13H2,1H3. The zero-order valence-electron chi connectivity index (χ0n) is 7.76. The molecule has 76 valence electrons. The van der Waals surface area contributed by atoms with Crippen molar-refractivity contribution in [2.45, 2.75) is 19.4 Å². The van der Waals surface area contributed by atoms with Crippen LogP contribution in [-0.2, 0) is 11.2 Å². The van der Waals surface area contributed by atoms with Gasteiger partial charge in [-0.15, -0.1) is 0 Å². The Hall–Kier alpha value is -0.740. The molecule has 0 spiro atoms. The molecule has 0 heterocycles. The van der Waals surface area contributed by atoms with Crippen LogP contribution in [0.3, 0.4) is 0 Å².